The zero-order chi connectivity index (χ0) is 17.6. The summed E-state index contributed by atoms with van der Waals surface area (Å²) in [5, 5.41) is 0.782. The predicted octanol–water partition coefficient (Wildman–Crippen LogP) is 3.72. The SMILES string of the molecule is COCCC(=O)N1CCC[C@@H]2[C@H]1CCCCN2Cc1ccc(Cl)cc1. The van der Waals surface area contributed by atoms with E-state index in [0.29, 0.717) is 25.1 Å². The van der Waals surface area contributed by atoms with E-state index in [1.54, 1.807) is 7.11 Å². The van der Waals surface area contributed by atoms with Crippen molar-refractivity contribution in [2.45, 2.75) is 57.2 Å². The average Bonchev–Trinajstić information content (AvgIpc) is 2.84. The van der Waals surface area contributed by atoms with Gasteiger partial charge >= 0.3 is 0 Å². The van der Waals surface area contributed by atoms with Crippen molar-refractivity contribution >= 4 is 17.5 Å². The van der Waals surface area contributed by atoms with Gasteiger partial charge in [-0.25, -0.2) is 0 Å². The molecule has 138 valence electrons. The second kappa shape index (κ2) is 9.02. The normalized spacial score (nSPS) is 24.6. The van der Waals surface area contributed by atoms with Crippen LogP contribution in [0.2, 0.25) is 5.02 Å². The number of fused-ring (bicyclic) bond motifs is 1. The molecule has 1 amide bonds. The van der Waals surface area contributed by atoms with E-state index in [9.17, 15) is 4.79 Å². The van der Waals surface area contributed by atoms with Crippen LogP contribution in [-0.2, 0) is 16.1 Å². The Balaban J connectivity index is 1.72. The van der Waals surface area contributed by atoms with Gasteiger partial charge in [0.15, 0.2) is 0 Å². The zero-order valence-corrected chi connectivity index (χ0v) is 15.9. The molecule has 0 aliphatic carbocycles. The summed E-state index contributed by atoms with van der Waals surface area (Å²) in [7, 11) is 1.66. The van der Waals surface area contributed by atoms with Crippen molar-refractivity contribution < 1.29 is 9.53 Å². The molecule has 2 atom stereocenters. The molecule has 0 spiro atoms. The zero-order valence-electron chi connectivity index (χ0n) is 15.1. The number of nitrogens with zero attached hydrogens (tertiary/aromatic N) is 2. The molecule has 2 fully saturated rings. The molecule has 1 aromatic rings. The van der Waals surface area contributed by atoms with Gasteiger partial charge in [0.25, 0.3) is 0 Å². The molecule has 1 aromatic carbocycles. The number of hydrogen-bond acceptors (Lipinski definition) is 3. The van der Waals surface area contributed by atoms with Crippen molar-refractivity contribution in [3.63, 3.8) is 0 Å². The molecule has 2 aliphatic rings. The maximum atomic E-state index is 12.6. The smallest absolute Gasteiger partial charge is 0.225 e. The lowest BCUT2D eigenvalue weighted by Crippen LogP contribution is -2.56. The molecule has 4 nitrogen and oxygen atoms in total. The molecule has 5 heteroatoms. The number of carbonyl (C=O) groups is 1. The first kappa shape index (κ1) is 18.7. The molecule has 0 aromatic heterocycles. The summed E-state index contributed by atoms with van der Waals surface area (Å²) in [6.45, 7) is 3.47. The average molecular weight is 365 g/mol. The molecular formula is C20H29ClN2O2. The van der Waals surface area contributed by atoms with Crippen LogP contribution < -0.4 is 0 Å². The van der Waals surface area contributed by atoms with E-state index in [0.717, 1.165) is 37.5 Å². The van der Waals surface area contributed by atoms with Gasteiger partial charge in [0.05, 0.1) is 13.0 Å². The molecule has 0 saturated carbocycles. The summed E-state index contributed by atoms with van der Waals surface area (Å²) in [6.07, 6.45) is 6.31. The lowest BCUT2D eigenvalue weighted by atomic mass is 9.92. The number of likely N-dealkylation sites (tertiary alicyclic amines) is 2. The molecule has 2 saturated heterocycles. The van der Waals surface area contributed by atoms with E-state index in [-0.39, 0.29) is 5.91 Å². The monoisotopic (exact) mass is 364 g/mol. The number of halogens is 1. The summed E-state index contributed by atoms with van der Waals surface area (Å²) >= 11 is 6.02. The quantitative estimate of drug-likeness (QED) is 0.798. The van der Waals surface area contributed by atoms with E-state index in [2.05, 4.69) is 21.9 Å². The van der Waals surface area contributed by atoms with Crippen molar-refractivity contribution in [2.75, 3.05) is 26.8 Å². The van der Waals surface area contributed by atoms with E-state index in [1.807, 2.05) is 12.1 Å². The Morgan fingerprint density at radius 2 is 1.88 bits per heavy atom. The van der Waals surface area contributed by atoms with Crippen LogP contribution in [0.1, 0.15) is 44.1 Å². The summed E-state index contributed by atoms with van der Waals surface area (Å²) in [4.78, 5) is 17.4. The minimum absolute atomic E-state index is 0.255. The van der Waals surface area contributed by atoms with Crippen molar-refractivity contribution in [1.29, 1.82) is 0 Å². The minimum Gasteiger partial charge on any atom is -0.384 e. The summed E-state index contributed by atoms with van der Waals surface area (Å²) in [6, 6.07) is 8.99. The number of ether oxygens (including phenoxy) is 1. The molecular weight excluding hydrogens is 336 g/mol. The maximum absolute atomic E-state index is 12.6. The standard InChI is InChI=1S/C20H29ClN2O2/c1-25-14-11-20(24)23-13-4-6-18-19(23)5-2-3-12-22(18)15-16-7-9-17(21)10-8-16/h7-10,18-19H,2-6,11-15H2,1H3/t18-,19-/m1/s1. The number of benzene rings is 1. The summed E-state index contributed by atoms with van der Waals surface area (Å²) in [5.41, 5.74) is 1.30. The van der Waals surface area contributed by atoms with Gasteiger partial charge in [0.1, 0.15) is 0 Å². The molecule has 0 bridgehead atoms. The number of hydrogen-bond donors (Lipinski definition) is 0. The summed E-state index contributed by atoms with van der Waals surface area (Å²) < 4.78 is 5.11. The molecule has 2 heterocycles. The molecule has 25 heavy (non-hydrogen) atoms. The fourth-order valence-electron chi connectivity index (χ4n) is 4.31. The van der Waals surface area contributed by atoms with Crippen LogP contribution in [0, 0.1) is 0 Å². The Morgan fingerprint density at radius 1 is 1.12 bits per heavy atom. The number of piperidine rings is 1. The van der Waals surface area contributed by atoms with Gasteiger partial charge in [-0.05, 0) is 49.9 Å². The number of amides is 1. The Bertz CT molecular complexity index is 563. The van der Waals surface area contributed by atoms with Gasteiger partial charge in [-0.2, -0.15) is 0 Å². The Morgan fingerprint density at radius 3 is 2.64 bits per heavy atom. The van der Waals surface area contributed by atoms with Crippen molar-refractivity contribution in [3.8, 4) is 0 Å². The van der Waals surface area contributed by atoms with Crippen molar-refractivity contribution in [3.05, 3.63) is 34.9 Å². The lowest BCUT2D eigenvalue weighted by molar-refractivity contribution is -0.138. The lowest BCUT2D eigenvalue weighted by Gasteiger charge is -2.45. The highest BCUT2D eigenvalue weighted by Gasteiger charge is 2.38. The Kier molecular flexibility index (Phi) is 6.74. The largest absolute Gasteiger partial charge is 0.384 e. The molecule has 2 aliphatic heterocycles. The van der Waals surface area contributed by atoms with Crippen LogP contribution in [0.4, 0.5) is 0 Å². The van der Waals surface area contributed by atoms with E-state index < -0.39 is 0 Å². The molecule has 0 N–H and O–H groups in total. The van der Waals surface area contributed by atoms with Gasteiger partial charge in [0, 0.05) is 37.3 Å². The predicted molar refractivity (Wildman–Crippen MR) is 101 cm³/mol. The fourth-order valence-corrected chi connectivity index (χ4v) is 4.43. The van der Waals surface area contributed by atoms with Gasteiger partial charge in [0.2, 0.25) is 5.91 Å². The van der Waals surface area contributed by atoms with Crippen LogP contribution in [0.5, 0.6) is 0 Å². The van der Waals surface area contributed by atoms with Crippen LogP contribution in [-0.4, -0.2) is 54.6 Å². The first-order valence-electron chi connectivity index (χ1n) is 9.46. The van der Waals surface area contributed by atoms with Crippen LogP contribution in [0.15, 0.2) is 24.3 Å². The van der Waals surface area contributed by atoms with Crippen molar-refractivity contribution in [2.24, 2.45) is 0 Å². The third-order valence-electron chi connectivity index (χ3n) is 5.55. The van der Waals surface area contributed by atoms with Crippen LogP contribution in [0.3, 0.4) is 0 Å². The van der Waals surface area contributed by atoms with Gasteiger partial charge in [-0.3, -0.25) is 9.69 Å². The topological polar surface area (TPSA) is 32.8 Å². The van der Waals surface area contributed by atoms with Gasteiger partial charge < -0.3 is 9.64 Å². The van der Waals surface area contributed by atoms with Gasteiger partial charge in [-0.15, -0.1) is 0 Å². The highest BCUT2D eigenvalue weighted by Crippen LogP contribution is 2.31. The summed E-state index contributed by atoms with van der Waals surface area (Å²) in [5.74, 6) is 0.255. The second-order valence-corrected chi connectivity index (χ2v) is 7.64. The van der Waals surface area contributed by atoms with Crippen molar-refractivity contribution in [1.82, 2.24) is 9.80 Å². The fraction of sp³-hybridized carbons (Fsp3) is 0.650. The highest BCUT2D eigenvalue weighted by molar-refractivity contribution is 6.30. The van der Waals surface area contributed by atoms with Crippen LogP contribution >= 0.6 is 11.6 Å². The number of rotatable bonds is 5. The Labute approximate surface area is 156 Å². The molecule has 0 radical (unpaired) electrons. The molecule has 3 rings (SSSR count). The maximum Gasteiger partial charge on any atom is 0.225 e. The van der Waals surface area contributed by atoms with Crippen LogP contribution in [0.25, 0.3) is 0 Å². The third kappa shape index (κ3) is 4.75. The first-order chi connectivity index (χ1) is 12.2. The minimum atomic E-state index is 0.255. The molecule has 0 unspecified atom stereocenters. The van der Waals surface area contributed by atoms with E-state index in [1.165, 1.54) is 24.8 Å². The van der Waals surface area contributed by atoms with Gasteiger partial charge in [-0.1, -0.05) is 30.2 Å². The third-order valence-corrected chi connectivity index (χ3v) is 5.80. The Hall–Kier alpha value is -1.10. The number of methoxy groups -OCH3 is 1. The van der Waals surface area contributed by atoms with E-state index >= 15 is 0 Å². The second-order valence-electron chi connectivity index (χ2n) is 7.20. The van der Waals surface area contributed by atoms with E-state index in [4.69, 9.17) is 16.3 Å². The number of carbonyl (C=O) groups excluding carboxylic acids is 1. The highest BCUT2D eigenvalue weighted by atomic mass is 35.5. The first-order valence-corrected chi connectivity index (χ1v) is 9.83.